The van der Waals surface area contributed by atoms with Gasteiger partial charge in [-0.2, -0.15) is 0 Å². The topological polar surface area (TPSA) is 21.5 Å². The lowest BCUT2D eigenvalue weighted by Crippen LogP contribution is -3.05. The quantitative estimate of drug-likeness (QED) is 0.424. The van der Waals surface area contributed by atoms with E-state index in [0.29, 0.717) is 5.78 Å². The second-order valence-electron chi connectivity index (χ2n) is 7.01. The molecule has 0 aromatic heterocycles. The van der Waals surface area contributed by atoms with Crippen molar-refractivity contribution in [2.75, 3.05) is 20.6 Å². The summed E-state index contributed by atoms with van der Waals surface area (Å²) in [5, 5.41) is 0. The standard InChI is InChI=1S/C19H39NO/c1-19(21)17-15-13-11-9-7-5-4-6-8-10-12-14-16-18-20(2)3/h4-18H2,1-3H3/p+1. The minimum atomic E-state index is 0.345. The molecule has 0 amide bonds. The van der Waals surface area contributed by atoms with Crippen LogP contribution in [0.5, 0.6) is 0 Å². The second-order valence-corrected chi connectivity index (χ2v) is 7.01. The van der Waals surface area contributed by atoms with Gasteiger partial charge in [0, 0.05) is 6.42 Å². The van der Waals surface area contributed by atoms with Crippen molar-refractivity contribution in [3.63, 3.8) is 0 Å². The molecule has 0 bridgehead atoms. The lowest BCUT2D eigenvalue weighted by Gasteiger charge is -2.06. The average Bonchev–Trinajstić information content (AvgIpc) is 2.42. The molecule has 2 heteroatoms. The van der Waals surface area contributed by atoms with Gasteiger partial charge in [-0.15, -0.1) is 0 Å². The van der Waals surface area contributed by atoms with E-state index < -0.39 is 0 Å². The summed E-state index contributed by atoms with van der Waals surface area (Å²) >= 11 is 0. The summed E-state index contributed by atoms with van der Waals surface area (Å²) < 4.78 is 0. The Hall–Kier alpha value is -0.370. The molecular weight excluding hydrogens is 258 g/mol. The maximum absolute atomic E-state index is 10.8. The fourth-order valence-corrected chi connectivity index (χ4v) is 2.80. The van der Waals surface area contributed by atoms with E-state index in [2.05, 4.69) is 14.1 Å². The van der Waals surface area contributed by atoms with Crippen molar-refractivity contribution in [3.05, 3.63) is 0 Å². The summed E-state index contributed by atoms with van der Waals surface area (Å²) in [5.41, 5.74) is 0. The minimum Gasteiger partial charge on any atom is -0.340 e. The Kier molecular flexibility index (Phi) is 15.7. The molecule has 1 N–H and O–H groups in total. The number of hydrogen-bond donors (Lipinski definition) is 1. The summed E-state index contributed by atoms with van der Waals surface area (Å²) in [6.45, 7) is 3.02. The average molecular weight is 299 g/mol. The second kappa shape index (κ2) is 16.0. The SMILES string of the molecule is CC(=O)CCCCCCCCCCCCCCC[NH+](C)C. The summed E-state index contributed by atoms with van der Waals surface area (Å²) in [7, 11) is 4.48. The van der Waals surface area contributed by atoms with Crippen LogP contribution in [0, 0.1) is 0 Å². The van der Waals surface area contributed by atoms with Gasteiger partial charge in [-0.1, -0.05) is 64.2 Å². The van der Waals surface area contributed by atoms with Crippen LogP contribution in [0.25, 0.3) is 0 Å². The molecule has 2 nitrogen and oxygen atoms in total. The van der Waals surface area contributed by atoms with Gasteiger partial charge in [0.1, 0.15) is 5.78 Å². The van der Waals surface area contributed by atoms with Gasteiger partial charge in [0.25, 0.3) is 0 Å². The number of carbonyl (C=O) groups excluding carboxylic acids is 1. The molecular formula is C19H40NO+. The van der Waals surface area contributed by atoms with E-state index >= 15 is 0 Å². The van der Waals surface area contributed by atoms with Gasteiger partial charge in [-0.05, 0) is 26.2 Å². The summed E-state index contributed by atoms with van der Waals surface area (Å²) in [6, 6.07) is 0. The number of Topliss-reactive ketones (excluding diaryl/α,β-unsaturated/α-hetero) is 1. The van der Waals surface area contributed by atoms with Crippen molar-refractivity contribution in [2.45, 2.75) is 96.8 Å². The molecule has 0 radical (unpaired) electrons. The van der Waals surface area contributed by atoms with Crippen molar-refractivity contribution in [3.8, 4) is 0 Å². The lowest BCUT2D eigenvalue weighted by molar-refractivity contribution is -0.858. The van der Waals surface area contributed by atoms with Gasteiger partial charge in [-0.3, -0.25) is 0 Å². The van der Waals surface area contributed by atoms with E-state index in [1.54, 1.807) is 11.8 Å². The number of rotatable bonds is 16. The van der Waals surface area contributed by atoms with Crippen LogP contribution in [0.4, 0.5) is 0 Å². The molecule has 0 aromatic rings. The summed E-state index contributed by atoms with van der Waals surface area (Å²) in [5.74, 6) is 0.345. The first kappa shape index (κ1) is 20.6. The largest absolute Gasteiger partial charge is 0.340 e. The predicted octanol–water partition coefficient (Wildman–Crippen LogP) is 4.18. The van der Waals surface area contributed by atoms with Gasteiger partial charge < -0.3 is 9.69 Å². The van der Waals surface area contributed by atoms with Crippen LogP contribution in [-0.2, 0) is 4.79 Å². The molecule has 21 heavy (non-hydrogen) atoms. The number of ketones is 1. The van der Waals surface area contributed by atoms with Crippen molar-refractivity contribution >= 4 is 5.78 Å². The molecule has 0 fully saturated rings. The first-order valence-electron chi connectivity index (χ1n) is 9.41. The summed E-state index contributed by atoms with van der Waals surface area (Å²) in [6.07, 6.45) is 18.6. The van der Waals surface area contributed by atoms with E-state index in [1.165, 1.54) is 83.6 Å². The number of quaternary nitrogens is 1. The van der Waals surface area contributed by atoms with Gasteiger partial charge in [0.15, 0.2) is 0 Å². The highest BCUT2D eigenvalue weighted by Gasteiger charge is 1.96. The molecule has 0 aliphatic carbocycles. The highest BCUT2D eigenvalue weighted by atomic mass is 16.1. The molecule has 0 aliphatic rings. The fourth-order valence-electron chi connectivity index (χ4n) is 2.80. The maximum Gasteiger partial charge on any atom is 0.129 e. The van der Waals surface area contributed by atoms with Crippen molar-refractivity contribution < 1.29 is 9.69 Å². The lowest BCUT2D eigenvalue weighted by atomic mass is 10.0. The predicted molar refractivity (Wildman–Crippen MR) is 93.0 cm³/mol. The Morgan fingerprint density at radius 1 is 0.619 bits per heavy atom. The van der Waals surface area contributed by atoms with E-state index in [1.807, 2.05) is 0 Å². The molecule has 0 heterocycles. The first-order chi connectivity index (χ1) is 10.1. The number of unbranched alkanes of at least 4 members (excludes halogenated alkanes) is 12. The maximum atomic E-state index is 10.8. The molecule has 0 atom stereocenters. The van der Waals surface area contributed by atoms with Crippen LogP contribution in [-0.4, -0.2) is 26.4 Å². The third-order valence-corrected chi connectivity index (χ3v) is 4.21. The zero-order valence-electron chi connectivity index (χ0n) is 15.0. The van der Waals surface area contributed by atoms with Crippen molar-refractivity contribution in [1.29, 1.82) is 0 Å². The third kappa shape index (κ3) is 19.6. The summed E-state index contributed by atoms with van der Waals surface area (Å²) in [4.78, 5) is 12.4. The van der Waals surface area contributed by atoms with Crippen molar-refractivity contribution in [1.82, 2.24) is 0 Å². The molecule has 0 rings (SSSR count). The van der Waals surface area contributed by atoms with E-state index in [0.717, 1.165) is 12.8 Å². The molecule has 0 aliphatic heterocycles. The van der Waals surface area contributed by atoms with Gasteiger partial charge >= 0.3 is 0 Å². The van der Waals surface area contributed by atoms with E-state index in [-0.39, 0.29) is 0 Å². The van der Waals surface area contributed by atoms with Crippen LogP contribution < -0.4 is 4.90 Å². The Morgan fingerprint density at radius 3 is 1.29 bits per heavy atom. The van der Waals surface area contributed by atoms with Gasteiger partial charge in [0.05, 0.1) is 20.6 Å². The molecule has 0 spiro atoms. The van der Waals surface area contributed by atoms with E-state index in [9.17, 15) is 4.79 Å². The highest BCUT2D eigenvalue weighted by molar-refractivity contribution is 5.75. The first-order valence-corrected chi connectivity index (χ1v) is 9.41. The monoisotopic (exact) mass is 298 g/mol. The number of nitrogens with one attached hydrogen (secondary N) is 1. The zero-order valence-corrected chi connectivity index (χ0v) is 15.0. The Morgan fingerprint density at radius 2 is 0.952 bits per heavy atom. The van der Waals surface area contributed by atoms with E-state index in [4.69, 9.17) is 0 Å². The normalized spacial score (nSPS) is 11.2. The molecule has 0 aromatic carbocycles. The third-order valence-electron chi connectivity index (χ3n) is 4.21. The molecule has 126 valence electrons. The van der Waals surface area contributed by atoms with Crippen LogP contribution >= 0.6 is 0 Å². The van der Waals surface area contributed by atoms with Gasteiger partial charge in [-0.25, -0.2) is 0 Å². The van der Waals surface area contributed by atoms with Gasteiger partial charge in [0.2, 0.25) is 0 Å². The minimum absolute atomic E-state index is 0.345. The van der Waals surface area contributed by atoms with Crippen molar-refractivity contribution in [2.24, 2.45) is 0 Å². The molecule has 0 saturated carbocycles. The highest BCUT2D eigenvalue weighted by Crippen LogP contribution is 2.12. The van der Waals surface area contributed by atoms with Crippen LogP contribution in [0.2, 0.25) is 0 Å². The smallest absolute Gasteiger partial charge is 0.129 e. The fraction of sp³-hybridized carbons (Fsp3) is 0.947. The van der Waals surface area contributed by atoms with Crippen LogP contribution in [0.15, 0.2) is 0 Å². The molecule has 0 saturated heterocycles. The number of hydrogen-bond acceptors (Lipinski definition) is 1. The zero-order chi connectivity index (χ0) is 15.8. The number of carbonyl (C=O) groups is 1. The van der Waals surface area contributed by atoms with Crippen LogP contribution in [0.1, 0.15) is 96.8 Å². The molecule has 0 unspecified atom stereocenters. The Bertz CT molecular complexity index is 226. The van der Waals surface area contributed by atoms with Crippen LogP contribution in [0.3, 0.4) is 0 Å². The Balaban J connectivity index is 2.98. The Labute approximate surface area is 133 Å².